The van der Waals surface area contributed by atoms with E-state index in [1.54, 1.807) is 0 Å². The van der Waals surface area contributed by atoms with E-state index in [1.807, 2.05) is 25.7 Å². The van der Waals surface area contributed by atoms with Gasteiger partial charge in [0.05, 0.1) is 6.10 Å². The molecule has 4 unspecified atom stereocenters. The van der Waals surface area contributed by atoms with Crippen LogP contribution in [0.5, 0.6) is 0 Å². The summed E-state index contributed by atoms with van der Waals surface area (Å²) in [5.41, 5.74) is -0.223. The summed E-state index contributed by atoms with van der Waals surface area (Å²) in [6.45, 7) is 17.3. The first-order chi connectivity index (χ1) is 11.5. The Kier molecular flexibility index (Phi) is 4.87. The summed E-state index contributed by atoms with van der Waals surface area (Å²) in [5.74, 6) is 1.78. The number of hydrogen-bond acceptors (Lipinski definition) is 4. The van der Waals surface area contributed by atoms with Crippen LogP contribution in [0.25, 0.3) is 0 Å². The minimum atomic E-state index is -0.414. The second-order valence-corrected chi connectivity index (χ2v) is 10.2. The molecule has 0 radical (unpaired) electrons. The summed E-state index contributed by atoms with van der Waals surface area (Å²) in [5, 5.41) is 3.85. The van der Waals surface area contributed by atoms with Crippen LogP contribution in [0.1, 0.15) is 54.9 Å². The third kappa shape index (κ3) is 3.97. The van der Waals surface area contributed by atoms with Crippen molar-refractivity contribution in [3.63, 3.8) is 0 Å². The van der Waals surface area contributed by atoms with Crippen molar-refractivity contribution in [3.8, 4) is 0 Å². The average Bonchev–Trinajstić information content (AvgIpc) is 2.90. The van der Waals surface area contributed by atoms with E-state index in [4.69, 9.17) is 9.47 Å². The molecule has 3 aliphatic rings. The maximum absolute atomic E-state index is 12.2. The van der Waals surface area contributed by atoms with Crippen LogP contribution in [0.4, 0.5) is 4.79 Å². The van der Waals surface area contributed by atoms with E-state index in [0.717, 1.165) is 26.1 Å². The Morgan fingerprint density at radius 2 is 1.84 bits per heavy atom. The third-order valence-electron chi connectivity index (χ3n) is 6.05. The molecule has 2 saturated carbocycles. The number of ether oxygens (including phenoxy) is 2. The molecule has 5 nitrogen and oxygen atoms in total. The molecular formula is C20H36N2O3. The van der Waals surface area contributed by atoms with Gasteiger partial charge in [-0.25, -0.2) is 4.79 Å². The zero-order valence-electron chi connectivity index (χ0n) is 17.0. The highest BCUT2D eigenvalue weighted by Crippen LogP contribution is 2.50. The highest BCUT2D eigenvalue weighted by atomic mass is 16.6. The normalized spacial score (nSPS) is 36.2. The Morgan fingerprint density at radius 1 is 1.24 bits per heavy atom. The van der Waals surface area contributed by atoms with Gasteiger partial charge in [-0.1, -0.05) is 27.7 Å². The molecule has 0 aromatic rings. The Morgan fingerprint density at radius 3 is 2.32 bits per heavy atom. The lowest BCUT2D eigenvalue weighted by Gasteiger charge is -2.52. The molecule has 1 heterocycles. The fourth-order valence-corrected chi connectivity index (χ4v) is 4.24. The van der Waals surface area contributed by atoms with Gasteiger partial charge in [-0.2, -0.15) is 0 Å². The van der Waals surface area contributed by atoms with Gasteiger partial charge < -0.3 is 19.7 Å². The predicted molar refractivity (Wildman–Crippen MR) is 98.5 cm³/mol. The number of fused-ring (bicyclic) bond motifs is 1. The van der Waals surface area contributed by atoms with Crippen LogP contribution in [0, 0.1) is 23.2 Å². The number of nitrogens with one attached hydrogen (secondary N) is 1. The Labute approximate surface area is 152 Å². The summed E-state index contributed by atoms with van der Waals surface area (Å²) in [7, 11) is 0. The van der Waals surface area contributed by atoms with Gasteiger partial charge in [0.1, 0.15) is 5.60 Å². The monoisotopic (exact) mass is 352 g/mol. The van der Waals surface area contributed by atoms with Crippen LogP contribution in [-0.2, 0) is 9.47 Å². The standard InChI is InChI=1S/C20H36N2O3/c1-12(2)11-24-16-8-15(20(16,6)7)21-17-13-9-22(10-14(13)17)18(23)25-19(3,4)5/h12-17,21H,8-11H2,1-7H3. The summed E-state index contributed by atoms with van der Waals surface area (Å²) in [6.07, 6.45) is 1.31. The smallest absolute Gasteiger partial charge is 0.410 e. The quantitative estimate of drug-likeness (QED) is 0.825. The van der Waals surface area contributed by atoms with Crippen molar-refractivity contribution in [2.24, 2.45) is 23.2 Å². The molecule has 5 heteroatoms. The van der Waals surface area contributed by atoms with Crippen LogP contribution < -0.4 is 5.32 Å². The number of nitrogens with zero attached hydrogens (tertiary/aromatic N) is 1. The van der Waals surface area contributed by atoms with Crippen molar-refractivity contribution in [1.29, 1.82) is 0 Å². The second kappa shape index (κ2) is 6.41. The van der Waals surface area contributed by atoms with Crippen LogP contribution in [0.15, 0.2) is 0 Å². The number of likely N-dealkylation sites (tertiary alicyclic amines) is 1. The highest BCUT2D eigenvalue weighted by Gasteiger charge is 2.60. The zero-order valence-corrected chi connectivity index (χ0v) is 17.0. The number of amides is 1. The molecule has 1 N–H and O–H groups in total. The van der Waals surface area contributed by atoms with Gasteiger partial charge in [-0.05, 0) is 44.9 Å². The number of carbonyl (C=O) groups excluding carboxylic acids is 1. The predicted octanol–water partition coefficient (Wildman–Crippen LogP) is 3.28. The first-order valence-corrected chi connectivity index (χ1v) is 9.84. The first-order valence-electron chi connectivity index (χ1n) is 9.84. The first kappa shape index (κ1) is 19.0. The Hall–Kier alpha value is -0.810. The van der Waals surface area contributed by atoms with Crippen molar-refractivity contribution in [2.45, 2.75) is 78.7 Å². The van der Waals surface area contributed by atoms with Crippen molar-refractivity contribution < 1.29 is 14.3 Å². The van der Waals surface area contributed by atoms with E-state index in [2.05, 4.69) is 33.0 Å². The van der Waals surface area contributed by atoms with Gasteiger partial charge in [0.25, 0.3) is 0 Å². The number of rotatable bonds is 5. The van der Waals surface area contributed by atoms with Gasteiger partial charge in [-0.15, -0.1) is 0 Å². The van der Waals surface area contributed by atoms with Gasteiger partial charge in [0.2, 0.25) is 0 Å². The van der Waals surface area contributed by atoms with Crippen LogP contribution in [-0.4, -0.2) is 54.5 Å². The topological polar surface area (TPSA) is 50.8 Å². The number of carbonyl (C=O) groups is 1. The minimum absolute atomic E-state index is 0.162. The molecule has 0 bridgehead atoms. The summed E-state index contributed by atoms with van der Waals surface area (Å²) in [4.78, 5) is 14.0. The fraction of sp³-hybridized carbons (Fsp3) is 0.950. The molecule has 3 rings (SSSR count). The van der Waals surface area contributed by atoms with Gasteiger partial charge in [-0.3, -0.25) is 0 Å². The molecule has 144 valence electrons. The summed E-state index contributed by atoms with van der Waals surface area (Å²) in [6, 6.07) is 1.09. The molecule has 1 amide bonds. The fourth-order valence-electron chi connectivity index (χ4n) is 4.24. The molecule has 1 aliphatic heterocycles. The molecular weight excluding hydrogens is 316 g/mol. The van der Waals surface area contributed by atoms with E-state index in [9.17, 15) is 4.79 Å². The lowest BCUT2D eigenvalue weighted by atomic mass is 9.64. The van der Waals surface area contributed by atoms with Crippen molar-refractivity contribution in [1.82, 2.24) is 10.2 Å². The van der Waals surface area contributed by atoms with E-state index in [0.29, 0.717) is 35.9 Å². The second-order valence-electron chi connectivity index (χ2n) is 10.2. The van der Waals surface area contributed by atoms with E-state index in [-0.39, 0.29) is 11.5 Å². The molecule has 4 atom stereocenters. The SMILES string of the molecule is CC(C)COC1CC(NC2C3CN(C(=O)OC(C)(C)C)CC32)C1(C)C. The largest absolute Gasteiger partial charge is 0.444 e. The third-order valence-corrected chi connectivity index (χ3v) is 6.05. The van der Waals surface area contributed by atoms with E-state index >= 15 is 0 Å². The van der Waals surface area contributed by atoms with E-state index < -0.39 is 5.60 Å². The molecule has 0 aromatic carbocycles. The number of piperidine rings is 1. The molecule has 25 heavy (non-hydrogen) atoms. The lowest BCUT2D eigenvalue weighted by Crippen LogP contribution is -2.62. The van der Waals surface area contributed by atoms with Crippen molar-refractivity contribution in [3.05, 3.63) is 0 Å². The average molecular weight is 353 g/mol. The Bertz CT molecular complexity index is 500. The highest BCUT2D eigenvalue weighted by molar-refractivity contribution is 5.69. The zero-order chi connectivity index (χ0) is 18.6. The lowest BCUT2D eigenvalue weighted by molar-refractivity contribution is -0.124. The summed E-state index contributed by atoms with van der Waals surface area (Å²) < 4.78 is 11.5. The van der Waals surface area contributed by atoms with E-state index in [1.165, 1.54) is 0 Å². The minimum Gasteiger partial charge on any atom is -0.444 e. The van der Waals surface area contributed by atoms with Gasteiger partial charge >= 0.3 is 6.09 Å². The van der Waals surface area contributed by atoms with Crippen LogP contribution in [0.2, 0.25) is 0 Å². The Balaban J connectivity index is 1.41. The summed E-state index contributed by atoms with van der Waals surface area (Å²) >= 11 is 0. The van der Waals surface area contributed by atoms with Crippen LogP contribution in [0.3, 0.4) is 0 Å². The maximum Gasteiger partial charge on any atom is 0.410 e. The van der Waals surface area contributed by atoms with Crippen LogP contribution >= 0.6 is 0 Å². The van der Waals surface area contributed by atoms with Gasteiger partial charge in [0, 0.05) is 37.2 Å². The molecule has 0 spiro atoms. The molecule has 1 saturated heterocycles. The number of hydrogen-bond donors (Lipinski definition) is 1. The van der Waals surface area contributed by atoms with Gasteiger partial charge in [0.15, 0.2) is 0 Å². The molecule has 2 aliphatic carbocycles. The van der Waals surface area contributed by atoms with Crippen molar-refractivity contribution in [2.75, 3.05) is 19.7 Å². The van der Waals surface area contributed by atoms with Crippen molar-refractivity contribution >= 4 is 6.09 Å². The maximum atomic E-state index is 12.2. The molecule has 3 fully saturated rings. The molecule has 0 aromatic heterocycles.